The van der Waals surface area contributed by atoms with Crippen molar-refractivity contribution in [1.82, 2.24) is 14.5 Å². The minimum atomic E-state index is -3.33. The Balaban J connectivity index is 1.66. The lowest BCUT2D eigenvalue weighted by Gasteiger charge is -2.20. The van der Waals surface area contributed by atoms with Crippen LogP contribution in [0.1, 0.15) is 27.9 Å². The molecule has 2 aromatic carbocycles. The van der Waals surface area contributed by atoms with Crippen LogP contribution in [0.15, 0.2) is 60.0 Å². The van der Waals surface area contributed by atoms with Crippen LogP contribution in [0.3, 0.4) is 0 Å². The summed E-state index contributed by atoms with van der Waals surface area (Å²) in [5.74, 6) is -0.205. The first kappa shape index (κ1) is 22.2. The third-order valence-electron chi connectivity index (χ3n) is 5.17. The summed E-state index contributed by atoms with van der Waals surface area (Å²) in [4.78, 5) is 24.1. The number of fused-ring (bicyclic) bond motifs is 1. The predicted octanol–water partition coefficient (Wildman–Crippen LogP) is 4.25. The number of hydrogen-bond donors (Lipinski definition) is 0. The van der Waals surface area contributed by atoms with Crippen molar-refractivity contribution < 1.29 is 13.2 Å². The highest BCUT2D eigenvalue weighted by Gasteiger charge is 2.22. The monoisotopic (exact) mass is 468 g/mol. The van der Waals surface area contributed by atoms with Gasteiger partial charge in [-0.2, -0.15) is 0 Å². The molecule has 0 saturated heterocycles. The number of sulfone groups is 1. The molecule has 0 aliphatic heterocycles. The number of benzene rings is 2. The van der Waals surface area contributed by atoms with Crippen LogP contribution in [0, 0.1) is 13.8 Å². The van der Waals surface area contributed by atoms with Crippen molar-refractivity contribution in [2.45, 2.75) is 31.7 Å². The molecule has 9 heteroatoms. The molecule has 32 heavy (non-hydrogen) atoms. The van der Waals surface area contributed by atoms with E-state index in [1.54, 1.807) is 29.6 Å². The molecule has 4 aromatic rings. The average Bonchev–Trinajstić information content (AvgIpc) is 3.40. The minimum absolute atomic E-state index is 0.187. The van der Waals surface area contributed by atoms with Crippen molar-refractivity contribution in [3.63, 3.8) is 0 Å². The first-order chi connectivity index (χ1) is 15.2. The smallest absolute Gasteiger partial charge is 0.260 e. The summed E-state index contributed by atoms with van der Waals surface area (Å²) in [5.41, 5.74) is 3.56. The number of anilines is 1. The number of thiazole rings is 1. The van der Waals surface area contributed by atoms with Crippen LogP contribution >= 0.6 is 11.3 Å². The number of rotatable bonds is 7. The molecular weight excluding hydrogens is 444 g/mol. The predicted molar refractivity (Wildman–Crippen MR) is 127 cm³/mol. The molecule has 2 heterocycles. The lowest BCUT2D eigenvalue weighted by Crippen LogP contribution is -2.32. The molecular formula is C23H24N4O3S2. The molecule has 0 unspecified atom stereocenters. The number of carbonyl (C=O) groups excluding carboxylic acids is 1. The van der Waals surface area contributed by atoms with Gasteiger partial charge in [-0.05, 0) is 61.7 Å². The Kier molecular flexibility index (Phi) is 6.12. The van der Waals surface area contributed by atoms with Crippen LogP contribution in [-0.4, -0.2) is 41.7 Å². The third kappa shape index (κ3) is 4.73. The molecule has 0 aliphatic carbocycles. The van der Waals surface area contributed by atoms with E-state index in [0.29, 0.717) is 17.2 Å². The van der Waals surface area contributed by atoms with Gasteiger partial charge in [-0.1, -0.05) is 17.4 Å². The van der Waals surface area contributed by atoms with Gasteiger partial charge < -0.3 is 4.57 Å². The number of aryl methyl sites for hydroxylation is 3. The molecule has 0 fully saturated rings. The lowest BCUT2D eigenvalue weighted by atomic mass is 10.1. The highest BCUT2D eigenvalue weighted by Crippen LogP contribution is 2.33. The number of hydrogen-bond acceptors (Lipinski definition) is 6. The number of imidazole rings is 1. The molecule has 4 rings (SSSR count). The van der Waals surface area contributed by atoms with Gasteiger partial charge in [0.25, 0.3) is 5.91 Å². The molecule has 0 N–H and O–H groups in total. The molecule has 0 aliphatic rings. The fourth-order valence-electron chi connectivity index (χ4n) is 3.60. The fraction of sp³-hybridized carbons (Fsp3) is 0.261. The molecule has 0 radical (unpaired) electrons. The lowest BCUT2D eigenvalue weighted by molar-refractivity contribution is 0.0986. The van der Waals surface area contributed by atoms with Crippen LogP contribution < -0.4 is 4.90 Å². The first-order valence-corrected chi connectivity index (χ1v) is 12.9. The summed E-state index contributed by atoms with van der Waals surface area (Å²) in [6, 6.07) is 10.2. The third-order valence-corrected chi connectivity index (χ3v) is 7.53. The van der Waals surface area contributed by atoms with Crippen LogP contribution in [-0.2, 0) is 16.4 Å². The standard InChI is InChI=1S/C23H24N4O3S2/c1-16-13-17(2)21-20(14-16)25-23(31-21)27(11-4-10-26-12-9-24-15-26)22(28)18-5-7-19(8-6-18)32(3,29)30/h5-9,12-15H,4,10-11H2,1-3H3. The SMILES string of the molecule is Cc1cc(C)c2sc(N(CCCn3ccnc3)C(=O)c3ccc(S(C)(=O)=O)cc3)nc2c1. The Bertz CT molecular complexity index is 1360. The number of carbonyl (C=O) groups is 1. The summed E-state index contributed by atoms with van der Waals surface area (Å²) in [6.07, 6.45) is 7.24. The number of aromatic nitrogens is 3. The Labute approximate surface area is 191 Å². The van der Waals surface area contributed by atoms with E-state index in [2.05, 4.69) is 11.1 Å². The molecule has 0 atom stereocenters. The minimum Gasteiger partial charge on any atom is -0.337 e. The Hall–Kier alpha value is -3.04. The van der Waals surface area contributed by atoms with E-state index in [-0.39, 0.29) is 10.8 Å². The van der Waals surface area contributed by atoms with Crippen molar-refractivity contribution in [2.24, 2.45) is 0 Å². The van der Waals surface area contributed by atoms with E-state index in [1.165, 1.54) is 23.5 Å². The van der Waals surface area contributed by atoms with Gasteiger partial charge in [-0.3, -0.25) is 9.69 Å². The van der Waals surface area contributed by atoms with Crippen LogP contribution in [0.4, 0.5) is 5.13 Å². The topological polar surface area (TPSA) is 85.2 Å². The maximum Gasteiger partial charge on any atom is 0.260 e. The second-order valence-electron chi connectivity index (χ2n) is 7.83. The van der Waals surface area contributed by atoms with Gasteiger partial charge in [0.1, 0.15) is 0 Å². The molecule has 0 spiro atoms. The maximum atomic E-state index is 13.5. The van der Waals surface area contributed by atoms with Crippen LogP contribution in [0.5, 0.6) is 0 Å². The molecule has 7 nitrogen and oxygen atoms in total. The zero-order chi connectivity index (χ0) is 22.9. The van der Waals surface area contributed by atoms with Crippen molar-refractivity contribution in [1.29, 1.82) is 0 Å². The first-order valence-electron chi connectivity index (χ1n) is 10.2. The highest BCUT2D eigenvalue weighted by atomic mass is 32.2. The van der Waals surface area contributed by atoms with Gasteiger partial charge in [0.15, 0.2) is 15.0 Å². The normalized spacial score (nSPS) is 11.7. The van der Waals surface area contributed by atoms with Crippen molar-refractivity contribution in [3.8, 4) is 0 Å². The van der Waals surface area contributed by atoms with Gasteiger partial charge in [0.2, 0.25) is 0 Å². The van der Waals surface area contributed by atoms with Crippen molar-refractivity contribution in [3.05, 3.63) is 71.8 Å². The molecule has 0 saturated carbocycles. The largest absolute Gasteiger partial charge is 0.337 e. The molecule has 166 valence electrons. The molecule has 2 aromatic heterocycles. The summed E-state index contributed by atoms with van der Waals surface area (Å²) >= 11 is 1.50. The highest BCUT2D eigenvalue weighted by molar-refractivity contribution is 7.90. The molecule has 0 bridgehead atoms. The van der Waals surface area contributed by atoms with E-state index >= 15 is 0 Å². The van der Waals surface area contributed by atoms with Crippen molar-refractivity contribution >= 4 is 42.4 Å². The summed E-state index contributed by atoms with van der Waals surface area (Å²) < 4.78 is 26.6. The fourth-order valence-corrected chi connectivity index (χ4v) is 5.27. The van der Waals surface area contributed by atoms with E-state index in [9.17, 15) is 13.2 Å². The average molecular weight is 469 g/mol. The van der Waals surface area contributed by atoms with E-state index in [1.807, 2.05) is 30.7 Å². The zero-order valence-corrected chi connectivity index (χ0v) is 19.8. The zero-order valence-electron chi connectivity index (χ0n) is 18.1. The second kappa shape index (κ2) is 8.84. The van der Waals surface area contributed by atoms with Crippen molar-refractivity contribution in [2.75, 3.05) is 17.7 Å². The number of amides is 1. The van der Waals surface area contributed by atoms with Gasteiger partial charge in [-0.25, -0.2) is 18.4 Å². The van der Waals surface area contributed by atoms with Crippen LogP contribution in [0.25, 0.3) is 10.2 Å². The van der Waals surface area contributed by atoms with Gasteiger partial charge in [0, 0.05) is 37.3 Å². The van der Waals surface area contributed by atoms with Gasteiger partial charge >= 0.3 is 0 Å². The van der Waals surface area contributed by atoms with E-state index in [0.717, 1.165) is 40.6 Å². The summed E-state index contributed by atoms with van der Waals surface area (Å²) in [5, 5.41) is 0.636. The quantitative estimate of drug-likeness (QED) is 0.405. The molecule has 1 amide bonds. The number of nitrogens with zero attached hydrogens (tertiary/aromatic N) is 4. The second-order valence-corrected chi connectivity index (χ2v) is 10.8. The van der Waals surface area contributed by atoms with E-state index in [4.69, 9.17) is 4.98 Å². The van der Waals surface area contributed by atoms with Crippen LogP contribution in [0.2, 0.25) is 0 Å². The summed E-state index contributed by atoms with van der Waals surface area (Å²) in [7, 11) is -3.33. The summed E-state index contributed by atoms with van der Waals surface area (Å²) in [6.45, 7) is 5.28. The Morgan fingerprint density at radius 2 is 1.91 bits per heavy atom. The Morgan fingerprint density at radius 1 is 1.16 bits per heavy atom. The van der Waals surface area contributed by atoms with Gasteiger partial charge in [-0.15, -0.1) is 0 Å². The maximum absolute atomic E-state index is 13.5. The van der Waals surface area contributed by atoms with E-state index < -0.39 is 9.84 Å². The Morgan fingerprint density at radius 3 is 2.56 bits per heavy atom. The van der Waals surface area contributed by atoms with Gasteiger partial charge in [0.05, 0.1) is 21.4 Å².